The largest absolute Gasteiger partial charge is 0.481 e. The third kappa shape index (κ3) is 4.03. The Labute approximate surface area is 169 Å². The van der Waals surface area contributed by atoms with Gasteiger partial charge in [-0.05, 0) is 42.2 Å². The molecule has 3 rings (SSSR count). The lowest BCUT2D eigenvalue weighted by molar-refractivity contribution is -0.137. The molecule has 0 heterocycles. The van der Waals surface area contributed by atoms with Gasteiger partial charge in [0.2, 0.25) is 0 Å². The van der Waals surface area contributed by atoms with Gasteiger partial charge in [-0.25, -0.2) is 12.8 Å². The van der Waals surface area contributed by atoms with Gasteiger partial charge >= 0.3 is 5.97 Å². The topological polar surface area (TPSA) is 104 Å². The lowest BCUT2D eigenvalue weighted by Crippen LogP contribution is -2.09. The Morgan fingerprint density at radius 3 is 2.68 bits per heavy atom. The zero-order valence-corrected chi connectivity index (χ0v) is 17.0. The van der Waals surface area contributed by atoms with Crippen molar-refractivity contribution in [3.63, 3.8) is 0 Å². The molecular formula is C19H15BrFNO5S. The van der Waals surface area contributed by atoms with Crippen LogP contribution in [0.1, 0.15) is 40.3 Å². The van der Waals surface area contributed by atoms with E-state index >= 15 is 0 Å². The summed E-state index contributed by atoms with van der Waals surface area (Å²) in [6.07, 6.45) is 1.23. The molecule has 0 radical (unpaired) electrons. The third-order valence-electron chi connectivity index (χ3n) is 4.47. The van der Waals surface area contributed by atoms with Crippen molar-refractivity contribution in [2.24, 2.45) is 0 Å². The average Bonchev–Trinajstić information content (AvgIpc) is 2.89. The van der Waals surface area contributed by atoms with E-state index in [0.29, 0.717) is 17.5 Å². The highest BCUT2D eigenvalue weighted by Gasteiger charge is 2.37. The number of carboxylic acid groups (broad SMARTS) is 1. The highest BCUT2D eigenvalue weighted by molar-refractivity contribution is 9.09. The fourth-order valence-corrected chi connectivity index (χ4v) is 5.36. The summed E-state index contributed by atoms with van der Waals surface area (Å²) >= 11 is 3.48. The van der Waals surface area contributed by atoms with E-state index in [2.05, 4.69) is 15.9 Å². The molecule has 0 aliphatic heterocycles. The van der Waals surface area contributed by atoms with E-state index in [1.54, 1.807) is 0 Å². The minimum Gasteiger partial charge on any atom is -0.481 e. The van der Waals surface area contributed by atoms with E-state index < -0.39 is 27.5 Å². The number of carboxylic acids is 1. The van der Waals surface area contributed by atoms with Gasteiger partial charge in [0.25, 0.3) is 0 Å². The first kappa shape index (κ1) is 20.3. The van der Waals surface area contributed by atoms with E-state index in [-0.39, 0.29) is 33.2 Å². The third-order valence-corrected chi connectivity index (χ3v) is 6.46. The fraction of sp³-hybridized carbons (Fsp3) is 0.263. The SMILES string of the molecule is CS(=O)(=O)c1ccc(Oc2cc(F)cc(C#N)c2)c2c1[C@H](CC(=O)O)C[C@@H]2Br. The average molecular weight is 468 g/mol. The summed E-state index contributed by atoms with van der Waals surface area (Å²) in [5.74, 6) is -1.81. The van der Waals surface area contributed by atoms with Crippen molar-refractivity contribution in [3.05, 3.63) is 52.8 Å². The Morgan fingerprint density at radius 2 is 2.07 bits per heavy atom. The molecule has 0 fully saturated rings. The van der Waals surface area contributed by atoms with Crippen LogP contribution in [0, 0.1) is 17.1 Å². The molecule has 0 spiro atoms. The molecule has 0 aromatic heterocycles. The number of carbonyl (C=O) groups is 1. The second-order valence-electron chi connectivity index (χ2n) is 6.55. The molecule has 28 heavy (non-hydrogen) atoms. The van der Waals surface area contributed by atoms with Crippen LogP contribution in [0.4, 0.5) is 4.39 Å². The van der Waals surface area contributed by atoms with Gasteiger partial charge in [-0.3, -0.25) is 4.79 Å². The predicted octanol–water partition coefficient (Wildman–Crippen LogP) is 4.29. The number of fused-ring (bicyclic) bond motifs is 1. The van der Waals surface area contributed by atoms with Crippen LogP contribution in [-0.4, -0.2) is 25.7 Å². The van der Waals surface area contributed by atoms with Gasteiger partial charge < -0.3 is 9.84 Å². The number of hydrogen-bond acceptors (Lipinski definition) is 5. The number of hydrogen-bond donors (Lipinski definition) is 1. The number of rotatable bonds is 5. The minimum atomic E-state index is -3.60. The molecular weight excluding hydrogens is 453 g/mol. The van der Waals surface area contributed by atoms with E-state index in [1.165, 1.54) is 18.2 Å². The molecule has 2 atom stereocenters. The van der Waals surface area contributed by atoms with E-state index in [0.717, 1.165) is 18.4 Å². The molecule has 146 valence electrons. The molecule has 0 amide bonds. The van der Waals surface area contributed by atoms with Gasteiger partial charge in [-0.2, -0.15) is 5.26 Å². The van der Waals surface area contributed by atoms with Gasteiger partial charge in [-0.15, -0.1) is 0 Å². The van der Waals surface area contributed by atoms with Crippen LogP contribution < -0.4 is 4.74 Å². The number of ether oxygens (including phenoxy) is 1. The lowest BCUT2D eigenvalue weighted by Gasteiger charge is -2.17. The molecule has 0 unspecified atom stereocenters. The monoisotopic (exact) mass is 467 g/mol. The van der Waals surface area contributed by atoms with Gasteiger partial charge in [0.1, 0.15) is 17.3 Å². The molecule has 1 aliphatic rings. The Bertz CT molecular complexity index is 1110. The Hall–Kier alpha value is -2.44. The van der Waals surface area contributed by atoms with Crippen LogP contribution in [0.3, 0.4) is 0 Å². The Morgan fingerprint density at radius 1 is 1.36 bits per heavy atom. The van der Waals surface area contributed by atoms with Crippen LogP contribution in [0.25, 0.3) is 0 Å². The summed E-state index contributed by atoms with van der Waals surface area (Å²) in [4.78, 5) is 11.0. The predicted molar refractivity (Wildman–Crippen MR) is 102 cm³/mol. The number of halogens is 2. The summed E-state index contributed by atoms with van der Waals surface area (Å²) in [7, 11) is -3.60. The zero-order chi connectivity index (χ0) is 20.6. The molecule has 2 aromatic carbocycles. The van der Waals surface area contributed by atoms with Crippen molar-refractivity contribution >= 4 is 31.7 Å². The molecule has 0 bridgehead atoms. The highest BCUT2D eigenvalue weighted by atomic mass is 79.9. The summed E-state index contributed by atoms with van der Waals surface area (Å²) in [6, 6.07) is 8.22. The molecule has 2 aromatic rings. The first-order valence-corrected chi connectivity index (χ1v) is 11.0. The van der Waals surface area contributed by atoms with Crippen molar-refractivity contribution in [2.75, 3.05) is 6.26 Å². The van der Waals surface area contributed by atoms with Gasteiger partial charge in [0.15, 0.2) is 9.84 Å². The van der Waals surface area contributed by atoms with E-state index in [9.17, 15) is 22.7 Å². The first-order valence-electron chi connectivity index (χ1n) is 8.21. The highest BCUT2D eigenvalue weighted by Crippen LogP contribution is 2.53. The summed E-state index contributed by atoms with van der Waals surface area (Å²) in [5.41, 5.74) is 1.01. The van der Waals surface area contributed by atoms with Crippen LogP contribution in [0.2, 0.25) is 0 Å². The number of nitrogens with zero attached hydrogens (tertiary/aromatic N) is 1. The molecule has 1 N–H and O–H groups in total. The number of aliphatic carboxylic acids is 1. The van der Waals surface area contributed by atoms with Crippen molar-refractivity contribution in [1.82, 2.24) is 0 Å². The molecule has 0 saturated carbocycles. The van der Waals surface area contributed by atoms with Crippen LogP contribution >= 0.6 is 15.9 Å². The first-order chi connectivity index (χ1) is 13.1. The Balaban J connectivity index is 2.15. The maximum absolute atomic E-state index is 13.7. The van der Waals surface area contributed by atoms with Crippen LogP contribution in [0.5, 0.6) is 11.5 Å². The summed E-state index contributed by atoms with van der Waals surface area (Å²) in [6.45, 7) is 0. The maximum atomic E-state index is 13.7. The number of nitriles is 1. The number of alkyl halides is 1. The number of benzene rings is 2. The standard InChI is InChI=1S/C19H15BrFNO5S/c1-28(25,26)16-3-2-15(27-13-5-10(9-22)4-12(21)8-13)19-14(20)6-11(18(16)19)7-17(23)24/h2-5,8,11,14H,6-7H2,1H3,(H,23,24)/t11-,14-/m0/s1. The Kier molecular flexibility index (Phi) is 5.46. The minimum absolute atomic E-state index is 0.0556. The second kappa shape index (κ2) is 7.53. The van der Waals surface area contributed by atoms with Crippen LogP contribution in [0.15, 0.2) is 35.2 Å². The zero-order valence-electron chi connectivity index (χ0n) is 14.6. The van der Waals surface area contributed by atoms with Crippen molar-refractivity contribution in [3.8, 4) is 17.6 Å². The van der Waals surface area contributed by atoms with Crippen LogP contribution in [-0.2, 0) is 14.6 Å². The molecule has 9 heteroatoms. The number of sulfone groups is 1. The quantitative estimate of drug-likeness (QED) is 0.657. The maximum Gasteiger partial charge on any atom is 0.303 e. The smallest absolute Gasteiger partial charge is 0.303 e. The molecule has 1 aliphatic carbocycles. The summed E-state index contributed by atoms with van der Waals surface area (Å²) < 4.78 is 44.0. The van der Waals surface area contributed by atoms with Crippen molar-refractivity contribution in [2.45, 2.75) is 28.5 Å². The lowest BCUT2D eigenvalue weighted by atomic mass is 9.97. The van der Waals surface area contributed by atoms with E-state index in [1.807, 2.05) is 6.07 Å². The van der Waals surface area contributed by atoms with Gasteiger partial charge in [0, 0.05) is 22.7 Å². The van der Waals surface area contributed by atoms with Gasteiger partial charge in [-0.1, -0.05) is 15.9 Å². The van der Waals surface area contributed by atoms with E-state index in [4.69, 9.17) is 10.00 Å². The van der Waals surface area contributed by atoms with Gasteiger partial charge in [0.05, 0.1) is 22.9 Å². The van der Waals surface area contributed by atoms with Crippen molar-refractivity contribution < 1.29 is 27.4 Å². The normalized spacial score (nSPS) is 18.4. The second-order valence-corrected chi connectivity index (χ2v) is 9.64. The molecule has 0 saturated heterocycles. The van der Waals surface area contributed by atoms with Crippen molar-refractivity contribution in [1.29, 1.82) is 5.26 Å². The fourth-order valence-electron chi connectivity index (χ4n) is 3.45. The molecule has 6 nitrogen and oxygen atoms in total. The summed E-state index contributed by atoms with van der Waals surface area (Å²) in [5, 5.41) is 18.2.